The van der Waals surface area contributed by atoms with Crippen molar-refractivity contribution in [2.24, 2.45) is 0 Å². The molecule has 47 heavy (non-hydrogen) atoms. The van der Waals surface area contributed by atoms with Gasteiger partial charge < -0.3 is 5.32 Å². The van der Waals surface area contributed by atoms with Crippen LogP contribution in [0, 0.1) is 0 Å². The molecular weight excluding hydrogens is 584 g/mol. The van der Waals surface area contributed by atoms with Crippen LogP contribution in [0.2, 0.25) is 0 Å². The Hall–Kier alpha value is -4.32. The van der Waals surface area contributed by atoms with Gasteiger partial charge in [0, 0.05) is 57.8 Å². The maximum Gasteiger partial charge on any atom is 0.270 e. The van der Waals surface area contributed by atoms with Gasteiger partial charge in [0.2, 0.25) is 0 Å². The zero-order chi connectivity index (χ0) is 33.8. The molecule has 1 heterocycles. The van der Waals surface area contributed by atoms with E-state index in [-0.39, 0.29) is 5.57 Å². The second-order valence-corrected chi connectivity index (χ2v) is 12.4. The lowest BCUT2D eigenvalue weighted by Gasteiger charge is -2.30. The zero-order valence-corrected chi connectivity index (χ0v) is 28.0. The summed E-state index contributed by atoms with van der Waals surface area (Å²) in [4.78, 5) is 5.02. The van der Waals surface area contributed by atoms with Gasteiger partial charge in [0.25, 0.3) is 5.92 Å². The maximum atomic E-state index is 14.4. The summed E-state index contributed by atoms with van der Waals surface area (Å²) in [5.41, 5.74) is 4.58. The van der Waals surface area contributed by atoms with Crippen molar-refractivity contribution >= 4 is 21.5 Å². The normalized spacial score (nSPS) is 16.1. The fourth-order valence-electron chi connectivity index (χ4n) is 6.33. The number of benzene rings is 4. The first-order valence-corrected chi connectivity index (χ1v) is 16.4. The van der Waals surface area contributed by atoms with E-state index in [9.17, 15) is 8.78 Å². The van der Waals surface area contributed by atoms with Gasteiger partial charge in [0.15, 0.2) is 0 Å². The minimum absolute atomic E-state index is 0.0430. The number of likely N-dealkylation sites (tertiary alicyclic amines) is 1. The van der Waals surface area contributed by atoms with Crippen LogP contribution in [-0.2, 0) is 13.1 Å². The predicted octanol–water partition coefficient (Wildman–Crippen LogP) is 10.1. The van der Waals surface area contributed by atoms with Gasteiger partial charge in [-0.1, -0.05) is 97.6 Å². The molecule has 0 radical (unpaired) electrons. The molecule has 5 rings (SSSR count). The molecule has 3 nitrogen and oxygen atoms in total. The van der Waals surface area contributed by atoms with Crippen LogP contribution >= 0.6 is 0 Å². The lowest BCUT2D eigenvalue weighted by molar-refractivity contribution is 0.0674. The van der Waals surface area contributed by atoms with Gasteiger partial charge in [-0.05, 0) is 82.4 Å². The summed E-state index contributed by atoms with van der Waals surface area (Å²) >= 11 is 0. The molecule has 1 atom stereocenters. The summed E-state index contributed by atoms with van der Waals surface area (Å²) in [6.07, 6.45) is 6.39. The molecular formula is C42H49F2N3. The van der Waals surface area contributed by atoms with Crippen LogP contribution in [0.5, 0.6) is 0 Å². The van der Waals surface area contributed by atoms with Crippen molar-refractivity contribution in [2.75, 3.05) is 26.2 Å². The number of hydrogen-bond donors (Lipinski definition) is 1. The van der Waals surface area contributed by atoms with E-state index in [1.54, 1.807) is 12.3 Å². The monoisotopic (exact) mass is 633 g/mol. The first kappa shape index (κ1) is 35.5. The average molecular weight is 634 g/mol. The van der Waals surface area contributed by atoms with E-state index in [1.807, 2.05) is 6.92 Å². The van der Waals surface area contributed by atoms with Crippen LogP contribution in [0.15, 0.2) is 146 Å². The second-order valence-electron chi connectivity index (χ2n) is 12.4. The van der Waals surface area contributed by atoms with Gasteiger partial charge in [-0.2, -0.15) is 0 Å². The van der Waals surface area contributed by atoms with E-state index >= 15 is 0 Å². The topological polar surface area (TPSA) is 18.5 Å². The molecule has 4 aromatic carbocycles. The third-order valence-electron chi connectivity index (χ3n) is 8.95. The van der Waals surface area contributed by atoms with Crippen LogP contribution in [-0.4, -0.2) is 47.9 Å². The molecule has 246 valence electrons. The standard InChI is InChI=1S/C40H45F2N3.C2H4/c1-5-38(40(4,41)42)25-37(30(3)19-21-43-6-2)28-44-22-20-39(29-44)45(26-31-15-17-33-11-7-9-13-35(33)23-31)27-32-16-18-34-12-8-10-14-36(34)24-32;1-2/h5-18,23-25,39,43H,1-2,19-22,26-29H2,3-4H3;1-2H2/b37-30-,38-25+;. The Balaban J connectivity index is 0.00000245. The number of allylic oxidation sites excluding steroid dienone is 2. The summed E-state index contributed by atoms with van der Waals surface area (Å²) in [5, 5.41) is 8.13. The number of fused-ring (bicyclic) bond motifs is 2. The summed E-state index contributed by atoms with van der Waals surface area (Å²) in [6, 6.07) is 30.9. The Kier molecular flexibility index (Phi) is 12.9. The highest BCUT2D eigenvalue weighted by Crippen LogP contribution is 2.29. The smallest absolute Gasteiger partial charge is 0.270 e. The average Bonchev–Trinajstić information content (AvgIpc) is 3.55. The summed E-state index contributed by atoms with van der Waals surface area (Å²) in [5.74, 6) is -2.95. The van der Waals surface area contributed by atoms with Gasteiger partial charge in [-0.3, -0.25) is 9.80 Å². The van der Waals surface area contributed by atoms with Gasteiger partial charge in [-0.15, -0.1) is 13.2 Å². The van der Waals surface area contributed by atoms with E-state index in [4.69, 9.17) is 0 Å². The molecule has 1 N–H and O–H groups in total. The molecule has 0 saturated carbocycles. The first-order valence-electron chi connectivity index (χ1n) is 16.4. The van der Waals surface area contributed by atoms with Crippen molar-refractivity contribution in [1.29, 1.82) is 0 Å². The highest BCUT2D eigenvalue weighted by Gasteiger charge is 2.30. The molecule has 4 aromatic rings. The Bertz CT molecular complexity index is 1630. The quantitative estimate of drug-likeness (QED) is 0.0847. The largest absolute Gasteiger partial charge is 0.391 e. The predicted molar refractivity (Wildman–Crippen MR) is 198 cm³/mol. The van der Waals surface area contributed by atoms with E-state index in [2.05, 4.69) is 126 Å². The number of hydrogen-bond acceptors (Lipinski definition) is 3. The molecule has 1 aliphatic rings. The Morgan fingerprint density at radius 1 is 0.894 bits per heavy atom. The minimum Gasteiger partial charge on any atom is -0.391 e. The summed E-state index contributed by atoms with van der Waals surface area (Å²) < 4.78 is 28.8. The first-order chi connectivity index (χ1) is 22.7. The van der Waals surface area contributed by atoms with Crippen molar-refractivity contribution in [3.05, 3.63) is 157 Å². The molecule has 0 bridgehead atoms. The van der Waals surface area contributed by atoms with Crippen molar-refractivity contribution in [3.63, 3.8) is 0 Å². The molecule has 1 fully saturated rings. The molecule has 0 amide bonds. The SMILES string of the molecule is C=C.C=CNCC/C(C)=C(/C=C(\C=C)C(C)(F)F)CN1CCC(N(Cc2ccc3ccccc3c2)Cc2ccc3ccccc3c2)C1. The maximum absolute atomic E-state index is 14.4. The lowest BCUT2D eigenvalue weighted by Crippen LogP contribution is -2.37. The molecule has 0 spiro atoms. The molecule has 1 unspecified atom stereocenters. The van der Waals surface area contributed by atoms with Gasteiger partial charge >= 0.3 is 0 Å². The third-order valence-corrected chi connectivity index (χ3v) is 8.95. The number of alkyl halides is 2. The van der Waals surface area contributed by atoms with Crippen LogP contribution in [0.4, 0.5) is 8.78 Å². The number of nitrogens with one attached hydrogen (secondary N) is 1. The van der Waals surface area contributed by atoms with E-state index < -0.39 is 5.92 Å². The fourth-order valence-corrected chi connectivity index (χ4v) is 6.33. The van der Waals surface area contributed by atoms with Crippen LogP contribution in [0.1, 0.15) is 37.8 Å². The van der Waals surface area contributed by atoms with Crippen molar-refractivity contribution in [1.82, 2.24) is 15.1 Å². The fraction of sp³-hybridized carbons (Fsp3) is 0.286. The highest BCUT2D eigenvalue weighted by molar-refractivity contribution is 5.83. The van der Waals surface area contributed by atoms with Gasteiger partial charge in [-0.25, -0.2) is 8.78 Å². The van der Waals surface area contributed by atoms with Crippen LogP contribution in [0.3, 0.4) is 0 Å². The number of halogens is 2. The summed E-state index contributed by atoms with van der Waals surface area (Å²) in [6.45, 7) is 21.2. The third kappa shape index (κ3) is 9.84. The molecule has 0 aromatic heterocycles. The van der Waals surface area contributed by atoms with Crippen molar-refractivity contribution in [3.8, 4) is 0 Å². The van der Waals surface area contributed by atoms with E-state index in [0.29, 0.717) is 19.1 Å². The molecule has 5 heteroatoms. The van der Waals surface area contributed by atoms with Crippen LogP contribution < -0.4 is 5.32 Å². The van der Waals surface area contributed by atoms with Crippen molar-refractivity contribution < 1.29 is 8.78 Å². The minimum atomic E-state index is -2.95. The van der Waals surface area contributed by atoms with Crippen molar-refractivity contribution in [2.45, 2.75) is 51.7 Å². The van der Waals surface area contributed by atoms with Crippen LogP contribution in [0.25, 0.3) is 21.5 Å². The lowest BCUT2D eigenvalue weighted by atomic mass is 10.0. The Morgan fingerprint density at radius 3 is 1.96 bits per heavy atom. The van der Waals surface area contributed by atoms with Gasteiger partial charge in [0.1, 0.15) is 0 Å². The number of rotatable bonds is 14. The van der Waals surface area contributed by atoms with Gasteiger partial charge in [0.05, 0.1) is 0 Å². The molecule has 1 aliphatic heterocycles. The Labute approximate surface area is 280 Å². The van der Waals surface area contributed by atoms with E-state index in [0.717, 1.165) is 57.1 Å². The summed E-state index contributed by atoms with van der Waals surface area (Å²) in [7, 11) is 0. The molecule has 0 aliphatic carbocycles. The van der Waals surface area contributed by atoms with E-state index in [1.165, 1.54) is 38.7 Å². The highest BCUT2D eigenvalue weighted by atomic mass is 19.3. The Morgan fingerprint density at radius 2 is 1.45 bits per heavy atom. The molecule has 1 saturated heterocycles. The number of nitrogens with zero attached hydrogens (tertiary/aromatic N) is 2. The zero-order valence-electron chi connectivity index (χ0n) is 28.0. The second kappa shape index (κ2) is 17.0.